The number of ether oxygens (including phenoxy) is 2. The van der Waals surface area contributed by atoms with Crippen molar-refractivity contribution < 1.29 is 9.47 Å². The van der Waals surface area contributed by atoms with Gasteiger partial charge in [0.1, 0.15) is 11.5 Å². The second-order valence-corrected chi connectivity index (χ2v) is 6.33. The van der Waals surface area contributed by atoms with E-state index in [1.807, 2.05) is 6.07 Å². The summed E-state index contributed by atoms with van der Waals surface area (Å²) < 4.78 is 11.1. The number of rotatable bonds is 6. The quantitative estimate of drug-likeness (QED) is 0.499. The van der Waals surface area contributed by atoms with Crippen molar-refractivity contribution in [3.8, 4) is 11.5 Å². The van der Waals surface area contributed by atoms with Gasteiger partial charge in [0.25, 0.3) is 0 Å². The molecule has 0 saturated carbocycles. The van der Waals surface area contributed by atoms with Crippen molar-refractivity contribution in [1.29, 1.82) is 0 Å². The van der Waals surface area contributed by atoms with Gasteiger partial charge >= 0.3 is 0 Å². The van der Waals surface area contributed by atoms with E-state index in [-0.39, 0.29) is 0 Å². The van der Waals surface area contributed by atoms with Gasteiger partial charge in [0.05, 0.1) is 14.2 Å². The molecule has 1 atom stereocenters. The molecule has 0 heterocycles. The third-order valence-electron chi connectivity index (χ3n) is 4.64. The number of benzene rings is 1. The molecule has 0 fully saturated rings. The summed E-state index contributed by atoms with van der Waals surface area (Å²) in [6.45, 7) is 4.56. The Labute approximate surface area is 135 Å². The number of aryl methyl sites for hydroxylation is 1. The van der Waals surface area contributed by atoms with E-state index >= 15 is 0 Å². The first-order valence-corrected chi connectivity index (χ1v) is 8.64. The van der Waals surface area contributed by atoms with Crippen LogP contribution in [0.4, 0.5) is 0 Å². The zero-order chi connectivity index (χ0) is 15.9. The highest BCUT2D eigenvalue weighted by atomic mass is 16.5. The minimum absolute atomic E-state index is 0.410. The van der Waals surface area contributed by atoms with Crippen LogP contribution in [0.3, 0.4) is 0 Å². The van der Waals surface area contributed by atoms with E-state index in [0.717, 1.165) is 17.9 Å². The molecule has 122 valence electrons. The Morgan fingerprint density at radius 2 is 1.91 bits per heavy atom. The number of methoxy groups -OCH3 is 2. The van der Waals surface area contributed by atoms with E-state index in [1.165, 1.54) is 49.7 Å². The molecule has 1 aliphatic rings. The molecule has 0 saturated heterocycles. The van der Waals surface area contributed by atoms with E-state index in [2.05, 4.69) is 26.0 Å². The van der Waals surface area contributed by atoms with E-state index in [9.17, 15) is 0 Å². The number of fused-ring (bicyclic) bond motifs is 1. The zero-order valence-electron chi connectivity index (χ0n) is 14.6. The second-order valence-electron chi connectivity index (χ2n) is 6.33. The van der Waals surface area contributed by atoms with Crippen LogP contribution in [0, 0.1) is 0 Å². The van der Waals surface area contributed by atoms with Crippen LogP contribution < -0.4 is 9.47 Å². The van der Waals surface area contributed by atoms with Crippen LogP contribution in [-0.2, 0) is 6.42 Å². The molecular formula is C20H30O2. The SMILES string of the molecule is CCCCCC1=CC(C)c2c(cc(OC)cc2OC)CCC1. The van der Waals surface area contributed by atoms with Gasteiger partial charge in [0.2, 0.25) is 0 Å². The monoisotopic (exact) mass is 302 g/mol. The van der Waals surface area contributed by atoms with Crippen molar-refractivity contribution in [2.24, 2.45) is 0 Å². The van der Waals surface area contributed by atoms with Crippen molar-refractivity contribution in [3.63, 3.8) is 0 Å². The second kappa shape index (κ2) is 8.26. The predicted octanol–water partition coefficient (Wildman–Crippen LogP) is 5.65. The Bertz CT molecular complexity index is 517. The maximum Gasteiger partial charge on any atom is 0.126 e. The highest BCUT2D eigenvalue weighted by molar-refractivity contribution is 5.50. The highest BCUT2D eigenvalue weighted by Crippen LogP contribution is 2.38. The first-order chi connectivity index (χ1) is 10.7. The van der Waals surface area contributed by atoms with E-state index in [4.69, 9.17) is 9.47 Å². The largest absolute Gasteiger partial charge is 0.497 e. The number of unbranched alkanes of at least 4 members (excludes halogenated alkanes) is 2. The Kier molecular flexibility index (Phi) is 6.35. The van der Waals surface area contributed by atoms with Gasteiger partial charge in [-0.3, -0.25) is 0 Å². The van der Waals surface area contributed by atoms with Gasteiger partial charge in [0, 0.05) is 17.5 Å². The summed E-state index contributed by atoms with van der Waals surface area (Å²) in [4.78, 5) is 0. The molecule has 1 unspecified atom stereocenters. The van der Waals surface area contributed by atoms with Gasteiger partial charge in [-0.1, -0.05) is 38.3 Å². The molecule has 0 spiro atoms. The Morgan fingerprint density at radius 1 is 1.09 bits per heavy atom. The minimum atomic E-state index is 0.410. The van der Waals surface area contributed by atoms with Crippen LogP contribution in [0.2, 0.25) is 0 Å². The normalized spacial score (nSPS) is 18.0. The Hall–Kier alpha value is -1.44. The lowest BCUT2D eigenvalue weighted by atomic mass is 9.85. The average molecular weight is 302 g/mol. The van der Waals surface area contributed by atoms with Gasteiger partial charge in [-0.05, 0) is 43.7 Å². The molecule has 2 heteroatoms. The molecule has 0 aliphatic heterocycles. The van der Waals surface area contributed by atoms with Gasteiger partial charge in [0.15, 0.2) is 0 Å². The van der Waals surface area contributed by atoms with E-state index in [1.54, 1.807) is 19.8 Å². The fourth-order valence-corrected chi connectivity index (χ4v) is 3.50. The molecule has 22 heavy (non-hydrogen) atoms. The van der Waals surface area contributed by atoms with Gasteiger partial charge in [-0.2, -0.15) is 0 Å². The topological polar surface area (TPSA) is 18.5 Å². The first kappa shape index (κ1) is 16.9. The number of allylic oxidation sites excluding steroid dienone is 2. The van der Waals surface area contributed by atoms with Crippen molar-refractivity contribution in [1.82, 2.24) is 0 Å². The van der Waals surface area contributed by atoms with Crippen molar-refractivity contribution in [3.05, 3.63) is 34.9 Å². The summed E-state index contributed by atoms with van der Waals surface area (Å²) >= 11 is 0. The molecule has 0 aromatic heterocycles. The molecule has 1 aromatic rings. The summed E-state index contributed by atoms with van der Waals surface area (Å²) in [5, 5.41) is 0. The van der Waals surface area contributed by atoms with Gasteiger partial charge in [-0.25, -0.2) is 0 Å². The molecule has 1 aromatic carbocycles. The van der Waals surface area contributed by atoms with Crippen LogP contribution in [0.15, 0.2) is 23.8 Å². The zero-order valence-corrected chi connectivity index (χ0v) is 14.6. The maximum atomic E-state index is 5.65. The number of hydrogen-bond acceptors (Lipinski definition) is 2. The molecule has 0 amide bonds. The van der Waals surface area contributed by atoms with Crippen molar-refractivity contribution in [2.75, 3.05) is 14.2 Å². The smallest absolute Gasteiger partial charge is 0.126 e. The van der Waals surface area contributed by atoms with Crippen LogP contribution in [0.25, 0.3) is 0 Å². The lowest BCUT2D eigenvalue weighted by Crippen LogP contribution is -2.06. The summed E-state index contributed by atoms with van der Waals surface area (Å²) in [5.74, 6) is 2.27. The average Bonchev–Trinajstić information content (AvgIpc) is 2.52. The molecule has 0 radical (unpaired) electrons. The molecule has 0 N–H and O–H groups in total. The Morgan fingerprint density at radius 3 is 2.59 bits per heavy atom. The fourth-order valence-electron chi connectivity index (χ4n) is 3.50. The molecule has 2 nitrogen and oxygen atoms in total. The van der Waals surface area contributed by atoms with Gasteiger partial charge < -0.3 is 9.47 Å². The van der Waals surface area contributed by atoms with Crippen LogP contribution in [0.5, 0.6) is 11.5 Å². The maximum absolute atomic E-state index is 5.65. The third-order valence-corrected chi connectivity index (χ3v) is 4.64. The van der Waals surface area contributed by atoms with Crippen molar-refractivity contribution >= 4 is 0 Å². The molecule has 1 aliphatic carbocycles. The van der Waals surface area contributed by atoms with Crippen LogP contribution in [-0.4, -0.2) is 14.2 Å². The number of hydrogen-bond donors (Lipinski definition) is 0. The lowest BCUT2D eigenvalue weighted by molar-refractivity contribution is 0.388. The fraction of sp³-hybridized carbons (Fsp3) is 0.600. The lowest BCUT2D eigenvalue weighted by Gasteiger charge is -2.23. The molecular weight excluding hydrogens is 272 g/mol. The summed E-state index contributed by atoms with van der Waals surface area (Å²) in [6, 6.07) is 4.20. The summed E-state index contributed by atoms with van der Waals surface area (Å²) in [6.07, 6.45) is 11.2. The van der Waals surface area contributed by atoms with Crippen LogP contribution in [0.1, 0.15) is 69.4 Å². The Balaban J connectivity index is 2.29. The van der Waals surface area contributed by atoms with Gasteiger partial charge in [-0.15, -0.1) is 0 Å². The molecule has 0 bridgehead atoms. The molecule has 2 rings (SSSR count). The van der Waals surface area contributed by atoms with Crippen molar-refractivity contribution in [2.45, 2.75) is 64.7 Å². The van der Waals surface area contributed by atoms with E-state index < -0.39 is 0 Å². The summed E-state index contributed by atoms with van der Waals surface area (Å²) in [5.41, 5.74) is 4.35. The summed E-state index contributed by atoms with van der Waals surface area (Å²) in [7, 11) is 3.48. The third kappa shape index (κ3) is 4.06. The first-order valence-electron chi connectivity index (χ1n) is 8.64. The minimum Gasteiger partial charge on any atom is -0.497 e. The predicted molar refractivity (Wildman–Crippen MR) is 93.1 cm³/mol. The van der Waals surface area contributed by atoms with Crippen LogP contribution >= 0.6 is 0 Å². The highest BCUT2D eigenvalue weighted by Gasteiger charge is 2.19. The standard InChI is InChI=1S/C20H30O2/c1-5-6-7-9-16-10-8-11-17-13-18(21-3)14-19(22-4)20(17)15(2)12-16/h12-15H,5-11H2,1-4H3. The van der Waals surface area contributed by atoms with E-state index in [0.29, 0.717) is 5.92 Å².